The molecule has 1 saturated heterocycles. The van der Waals surface area contributed by atoms with Crippen LogP contribution in [0.4, 0.5) is 0 Å². The van der Waals surface area contributed by atoms with E-state index >= 15 is 0 Å². The van der Waals surface area contributed by atoms with Gasteiger partial charge in [-0.2, -0.15) is 0 Å². The Hall–Kier alpha value is -1.12. The quantitative estimate of drug-likeness (QED) is 0.692. The molecule has 0 bridgehead atoms. The average molecular weight is 302 g/mol. The first-order valence-corrected chi connectivity index (χ1v) is 8.35. The molecular weight excluding hydrogens is 286 g/mol. The average Bonchev–Trinajstić information content (AvgIpc) is 2.91. The van der Waals surface area contributed by atoms with Gasteiger partial charge in [-0.1, -0.05) is 48.6 Å². The van der Waals surface area contributed by atoms with Gasteiger partial charge in [0, 0.05) is 23.4 Å². The van der Waals surface area contributed by atoms with Crippen molar-refractivity contribution in [2.24, 2.45) is 5.41 Å². The highest BCUT2D eigenvalue weighted by Crippen LogP contribution is 2.62. The summed E-state index contributed by atoms with van der Waals surface area (Å²) < 4.78 is 1.90. The highest BCUT2D eigenvalue weighted by Gasteiger charge is 2.52. The van der Waals surface area contributed by atoms with E-state index in [0.717, 1.165) is 6.54 Å². The number of benzene rings is 1. The Labute approximate surface area is 129 Å². The molecule has 1 aromatic rings. The summed E-state index contributed by atoms with van der Waals surface area (Å²) in [6.07, 6.45) is 10.2. The van der Waals surface area contributed by atoms with Crippen LogP contribution in [0.5, 0.6) is 0 Å². The van der Waals surface area contributed by atoms with Gasteiger partial charge in [0.15, 0.2) is 0 Å². The molecule has 1 aromatic carbocycles. The minimum atomic E-state index is 0.0702. The number of hydrogen-bond acceptors (Lipinski definition) is 2. The van der Waals surface area contributed by atoms with E-state index < -0.39 is 0 Å². The lowest BCUT2D eigenvalue weighted by Crippen LogP contribution is -2.39. The zero-order valence-corrected chi connectivity index (χ0v) is 12.7. The Balaban J connectivity index is 1.90. The lowest BCUT2D eigenvalue weighted by Gasteiger charge is -2.46. The van der Waals surface area contributed by atoms with Crippen LogP contribution < -0.4 is 0 Å². The molecule has 0 radical (unpaired) electrons. The summed E-state index contributed by atoms with van der Waals surface area (Å²) in [7, 11) is 0. The molecule has 4 rings (SSSR count). The van der Waals surface area contributed by atoms with Crippen molar-refractivity contribution in [2.45, 2.75) is 12.3 Å². The third-order valence-corrected chi connectivity index (χ3v) is 6.17. The van der Waals surface area contributed by atoms with Crippen LogP contribution in [0.1, 0.15) is 17.9 Å². The van der Waals surface area contributed by atoms with Crippen LogP contribution in [0.25, 0.3) is 0 Å². The van der Waals surface area contributed by atoms with Crippen molar-refractivity contribution in [1.29, 1.82) is 0 Å². The molecular formula is C17H16ClNS. The SMILES string of the molecule is ClN1CC=C2SCCC23C1=CC=CC3c1ccccc1. The second-order valence-electron chi connectivity index (χ2n) is 5.51. The van der Waals surface area contributed by atoms with Crippen molar-refractivity contribution in [3.63, 3.8) is 0 Å². The van der Waals surface area contributed by atoms with Gasteiger partial charge in [0.1, 0.15) is 0 Å². The standard InChI is InChI=1S/C17H16ClNS/c18-19-11-9-16-17(10-12-20-16)14(7-4-8-15(17)19)13-5-2-1-3-6-13/h1-9,14H,10-12H2. The van der Waals surface area contributed by atoms with E-state index in [1.165, 1.54) is 28.3 Å². The van der Waals surface area contributed by atoms with Gasteiger partial charge in [-0.25, -0.2) is 0 Å². The van der Waals surface area contributed by atoms with Crippen molar-refractivity contribution in [3.05, 3.63) is 70.8 Å². The zero-order chi connectivity index (χ0) is 13.6. The fourth-order valence-corrected chi connectivity index (χ4v) is 5.43. The predicted molar refractivity (Wildman–Crippen MR) is 86.6 cm³/mol. The molecule has 0 amide bonds. The van der Waals surface area contributed by atoms with Crippen LogP contribution in [0.15, 0.2) is 65.2 Å². The number of thioether (sulfide) groups is 1. The van der Waals surface area contributed by atoms with E-state index in [1.807, 2.05) is 16.2 Å². The van der Waals surface area contributed by atoms with Gasteiger partial charge in [-0.3, -0.25) is 4.42 Å². The van der Waals surface area contributed by atoms with E-state index in [2.05, 4.69) is 54.6 Å². The molecule has 2 atom stereocenters. The predicted octanol–water partition coefficient (Wildman–Crippen LogP) is 4.70. The number of halogens is 1. The van der Waals surface area contributed by atoms with Crippen LogP contribution in [-0.2, 0) is 0 Å². The molecule has 2 heterocycles. The second-order valence-corrected chi connectivity index (χ2v) is 7.05. The summed E-state index contributed by atoms with van der Waals surface area (Å²) in [6, 6.07) is 10.8. The molecule has 20 heavy (non-hydrogen) atoms. The number of allylic oxidation sites excluding steroid dienone is 4. The molecule has 1 nitrogen and oxygen atoms in total. The summed E-state index contributed by atoms with van der Waals surface area (Å²) >= 11 is 8.49. The molecule has 1 spiro atoms. The van der Waals surface area contributed by atoms with E-state index in [0.29, 0.717) is 5.92 Å². The fourth-order valence-electron chi connectivity index (χ4n) is 3.72. The van der Waals surface area contributed by atoms with E-state index in [4.69, 9.17) is 11.8 Å². The second kappa shape index (κ2) is 4.71. The number of nitrogens with zero attached hydrogens (tertiary/aromatic N) is 1. The summed E-state index contributed by atoms with van der Waals surface area (Å²) in [5.41, 5.74) is 2.73. The first kappa shape index (κ1) is 12.6. The maximum Gasteiger partial charge on any atom is 0.0537 e. The van der Waals surface area contributed by atoms with Gasteiger partial charge in [0.25, 0.3) is 0 Å². The topological polar surface area (TPSA) is 3.24 Å². The Morgan fingerprint density at radius 1 is 1.25 bits per heavy atom. The smallest absolute Gasteiger partial charge is 0.0537 e. The molecule has 0 N–H and O–H groups in total. The van der Waals surface area contributed by atoms with Gasteiger partial charge < -0.3 is 0 Å². The van der Waals surface area contributed by atoms with Crippen LogP contribution in [0, 0.1) is 5.41 Å². The highest BCUT2D eigenvalue weighted by atomic mass is 35.5. The molecule has 2 aliphatic heterocycles. The third kappa shape index (κ3) is 1.64. The van der Waals surface area contributed by atoms with Crippen molar-refractivity contribution in [3.8, 4) is 0 Å². The van der Waals surface area contributed by atoms with Crippen LogP contribution >= 0.6 is 23.5 Å². The van der Waals surface area contributed by atoms with Crippen molar-refractivity contribution in [1.82, 2.24) is 4.42 Å². The fraction of sp³-hybridized carbons (Fsp3) is 0.294. The van der Waals surface area contributed by atoms with Gasteiger partial charge >= 0.3 is 0 Å². The molecule has 1 aliphatic carbocycles. The molecule has 3 aliphatic rings. The summed E-state index contributed by atoms with van der Waals surface area (Å²) in [5.74, 6) is 1.58. The summed E-state index contributed by atoms with van der Waals surface area (Å²) in [5, 5.41) is 0. The number of rotatable bonds is 1. The third-order valence-electron chi connectivity index (χ3n) is 4.60. The van der Waals surface area contributed by atoms with Crippen molar-refractivity contribution < 1.29 is 0 Å². The maximum absolute atomic E-state index is 6.48. The van der Waals surface area contributed by atoms with E-state index in [1.54, 1.807) is 0 Å². The molecule has 1 fully saturated rings. The highest BCUT2D eigenvalue weighted by molar-refractivity contribution is 8.03. The van der Waals surface area contributed by atoms with E-state index in [9.17, 15) is 0 Å². The zero-order valence-electron chi connectivity index (χ0n) is 11.1. The molecule has 2 unspecified atom stereocenters. The Morgan fingerprint density at radius 3 is 2.95 bits per heavy atom. The first-order valence-electron chi connectivity index (χ1n) is 7.03. The van der Waals surface area contributed by atoms with Gasteiger partial charge in [0.2, 0.25) is 0 Å². The lowest BCUT2D eigenvalue weighted by atomic mass is 9.64. The summed E-state index contributed by atoms with van der Waals surface area (Å²) in [6.45, 7) is 0.812. The minimum Gasteiger partial charge on any atom is -0.285 e. The van der Waals surface area contributed by atoms with Crippen LogP contribution in [0.2, 0.25) is 0 Å². The Kier molecular flexibility index (Phi) is 2.97. The van der Waals surface area contributed by atoms with Gasteiger partial charge in [-0.05, 0) is 28.7 Å². The molecule has 102 valence electrons. The van der Waals surface area contributed by atoms with Gasteiger partial charge in [0.05, 0.1) is 12.0 Å². The Bertz CT molecular complexity index is 619. The Morgan fingerprint density at radius 2 is 2.10 bits per heavy atom. The monoisotopic (exact) mass is 301 g/mol. The largest absolute Gasteiger partial charge is 0.285 e. The van der Waals surface area contributed by atoms with Crippen molar-refractivity contribution in [2.75, 3.05) is 12.3 Å². The summed E-state index contributed by atoms with van der Waals surface area (Å²) in [4.78, 5) is 1.51. The van der Waals surface area contributed by atoms with Crippen molar-refractivity contribution >= 4 is 23.5 Å². The lowest BCUT2D eigenvalue weighted by molar-refractivity contribution is 0.314. The van der Waals surface area contributed by atoms with Crippen LogP contribution in [0.3, 0.4) is 0 Å². The first-order chi connectivity index (χ1) is 9.82. The number of hydrogen-bond donors (Lipinski definition) is 0. The molecule has 0 aromatic heterocycles. The maximum atomic E-state index is 6.48. The van der Waals surface area contributed by atoms with Crippen LogP contribution in [-0.4, -0.2) is 16.7 Å². The molecule has 0 saturated carbocycles. The molecule has 3 heteroatoms. The van der Waals surface area contributed by atoms with E-state index in [-0.39, 0.29) is 5.41 Å². The van der Waals surface area contributed by atoms with Gasteiger partial charge in [-0.15, -0.1) is 11.8 Å². The minimum absolute atomic E-state index is 0.0702. The normalized spacial score (nSPS) is 31.4.